The molecule has 2 heterocycles. The average molecular weight is 470 g/mol. The van der Waals surface area contributed by atoms with Gasteiger partial charge in [0.1, 0.15) is 12.4 Å². The molecule has 32 heavy (non-hydrogen) atoms. The normalized spacial score (nSPS) is 18.7. The second-order valence-corrected chi connectivity index (χ2v) is 9.64. The van der Waals surface area contributed by atoms with Gasteiger partial charge < -0.3 is 24.6 Å². The van der Waals surface area contributed by atoms with Crippen molar-refractivity contribution in [2.24, 2.45) is 0 Å². The van der Waals surface area contributed by atoms with E-state index in [0.29, 0.717) is 57.4 Å². The third kappa shape index (κ3) is 6.32. The van der Waals surface area contributed by atoms with Gasteiger partial charge >= 0.3 is 6.03 Å². The van der Waals surface area contributed by atoms with E-state index in [1.807, 2.05) is 24.3 Å². The Morgan fingerprint density at radius 1 is 1.03 bits per heavy atom. The van der Waals surface area contributed by atoms with E-state index in [1.54, 1.807) is 4.90 Å². The maximum atomic E-state index is 12.8. The van der Waals surface area contributed by atoms with Gasteiger partial charge in [0.2, 0.25) is 0 Å². The van der Waals surface area contributed by atoms with Crippen molar-refractivity contribution in [1.29, 1.82) is 0 Å². The van der Waals surface area contributed by atoms with Gasteiger partial charge in [-0.15, -0.1) is 0 Å². The van der Waals surface area contributed by atoms with Crippen LogP contribution < -0.4 is 10.1 Å². The SMILES string of the molecule is CCN(CC)CCOc1ccccc1NC(=O)N1CCN(S(=O)(=O)N2CCOCC2)CC1. The van der Waals surface area contributed by atoms with E-state index in [4.69, 9.17) is 9.47 Å². The van der Waals surface area contributed by atoms with E-state index < -0.39 is 10.2 Å². The molecule has 0 bridgehead atoms. The van der Waals surface area contributed by atoms with Crippen molar-refractivity contribution in [3.05, 3.63) is 24.3 Å². The summed E-state index contributed by atoms with van der Waals surface area (Å²) in [5.41, 5.74) is 0.611. The molecular formula is C21H35N5O5S. The van der Waals surface area contributed by atoms with Crippen LogP contribution in [0.25, 0.3) is 0 Å². The fourth-order valence-electron chi connectivity index (χ4n) is 3.78. The number of ether oxygens (including phenoxy) is 2. The zero-order valence-corrected chi connectivity index (χ0v) is 19.8. The molecule has 0 spiro atoms. The lowest BCUT2D eigenvalue weighted by atomic mass is 10.3. The number of morpholine rings is 1. The van der Waals surface area contributed by atoms with Gasteiger partial charge in [0.25, 0.3) is 10.2 Å². The first kappa shape index (κ1) is 24.7. The molecule has 3 rings (SSSR count). The molecular weight excluding hydrogens is 434 g/mol. The molecule has 0 aliphatic carbocycles. The molecule has 0 radical (unpaired) electrons. The Hall–Kier alpha value is -1.92. The summed E-state index contributed by atoms with van der Waals surface area (Å²) in [6.45, 7) is 10.3. The number of likely N-dealkylation sites (N-methyl/N-ethyl adjacent to an activating group) is 1. The predicted octanol–water partition coefficient (Wildman–Crippen LogP) is 1.13. The molecule has 1 aromatic rings. The van der Waals surface area contributed by atoms with E-state index in [-0.39, 0.29) is 19.1 Å². The molecule has 10 nitrogen and oxygen atoms in total. The minimum absolute atomic E-state index is 0.256. The lowest BCUT2D eigenvalue weighted by Crippen LogP contribution is -2.56. The molecule has 2 amide bonds. The molecule has 2 saturated heterocycles. The van der Waals surface area contributed by atoms with Gasteiger partial charge in [-0.1, -0.05) is 26.0 Å². The van der Waals surface area contributed by atoms with Crippen LogP contribution in [0.3, 0.4) is 0 Å². The maximum Gasteiger partial charge on any atom is 0.322 e. The molecule has 0 saturated carbocycles. The zero-order valence-electron chi connectivity index (χ0n) is 19.0. The molecule has 11 heteroatoms. The molecule has 2 aliphatic heterocycles. The van der Waals surface area contributed by atoms with E-state index in [1.165, 1.54) is 8.61 Å². The number of hydrogen-bond donors (Lipinski definition) is 1. The molecule has 1 N–H and O–H groups in total. The standard InChI is InChI=1S/C21H35N5O5S/c1-3-23(4-2)13-18-31-20-8-6-5-7-19(20)22-21(27)24-9-11-25(12-10-24)32(28,29)26-14-16-30-17-15-26/h5-8H,3-4,9-18H2,1-2H3,(H,22,27). The number of anilines is 1. The van der Waals surface area contributed by atoms with E-state index in [9.17, 15) is 13.2 Å². The van der Waals surface area contributed by atoms with E-state index in [2.05, 4.69) is 24.1 Å². The number of rotatable bonds is 9. The van der Waals surface area contributed by atoms with Crippen molar-refractivity contribution >= 4 is 21.9 Å². The van der Waals surface area contributed by atoms with Gasteiger partial charge in [-0.25, -0.2) is 4.79 Å². The highest BCUT2D eigenvalue weighted by Gasteiger charge is 2.34. The Balaban J connectivity index is 1.52. The minimum Gasteiger partial charge on any atom is -0.490 e. The van der Waals surface area contributed by atoms with Crippen LogP contribution in [0.2, 0.25) is 0 Å². The van der Waals surface area contributed by atoms with Gasteiger partial charge in [0, 0.05) is 45.8 Å². The quantitative estimate of drug-likeness (QED) is 0.583. The van der Waals surface area contributed by atoms with Crippen molar-refractivity contribution in [3.8, 4) is 5.75 Å². The second kappa shape index (κ2) is 11.8. The number of nitrogens with one attached hydrogen (secondary N) is 1. The first-order valence-electron chi connectivity index (χ1n) is 11.3. The fourth-order valence-corrected chi connectivity index (χ4v) is 5.34. The highest BCUT2D eigenvalue weighted by Crippen LogP contribution is 2.24. The summed E-state index contributed by atoms with van der Waals surface area (Å²) < 4.78 is 39.7. The first-order chi connectivity index (χ1) is 15.5. The molecule has 1 aromatic carbocycles. The molecule has 2 fully saturated rings. The number of hydrogen-bond acceptors (Lipinski definition) is 6. The monoisotopic (exact) mass is 469 g/mol. The molecule has 0 unspecified atom stereocenters. The number of urea groups is 1. The summed E-state index contributed by atoms with van der Waals surface area (Å²) in [7, 11) is -3.52. The summed E-state index contributed by atoms with van der Waals surface area (Å²) in [5.74, 6) is 0.626. The van der Waals surface area contributed by atoms with Crippen molar-refractivity contribution in [3.63, 3.8) is 0 Å². The Labute approximate surface area is 191 Å². The lowest BCUT2D eigenvalue weighted by molar-refractivity contribution is 0.0691. The third-order valence-corrected chi connectivity index (χ3v) is 7.87. The van der Waals surface area contributed by atoms with Gasteiger partial charge in [-0.05, 0) is 25.2 Å². The summed E-state index contributed by atoms with van der Waals surface area (Å²) >= 11 is 0. The molecule has 0 atom stereocenters. The summed E-state index contributed by atoms with van der Waals surface area (Å²) in [5, 5.41) is 2.92. The van der Waals surface area contributed by atoms with Crippen molar-refractivity contribution in [1.82, 2.24) is 18.4 Å². The van der Waals surface area contributed by atoms with Crippen LogP contribution >= 0.6 is 0 Å². The third-order valence-electron chi connectivity index (χ3n) is 5.84. The Morgan fingerprint density at radius 3 is 2.31 bits per heavy atom. The van der Waals surface area contributed by atoms with Crippen LogP contribution in [-0.4, -0.2) is 112 Å². The average Bonchev–Trinajstić information content (AvgIpc) is 2.83. The van der Waals surface area contributed by atoms with Crippen LogP contribution in [0.1, 0.15) is 13.8 Å². The van der Waals surface area contributed by atoms with Crippen LogP contribution in [0.5, 0.6) is 5.75 Å². The fraction of sp³-hybridized carbons (Fsp3) is 0.667. The van der Waals surface area contributed by atoms with Crippen LogP contribution in [-0.2, 0) is 14.9 Å². The number of nitrogens with zero attached hydrogens (tertiary/aromatic N) is 4. The Bertz CT molecular complexity index is 835. The molecule has 180 valence electrons. The smallest absolute Gasteiger partial charge is 0.322 e. The Morgan fingerprint density at radius 2 is 1.66 bits per heavy atom. The zero-order chi connectivity index (χ0) is 23.0. The second-order valence-electron chi connectivity index (χ2n) is 7.71. The molecule has 2 aliphatic rings. The predicted molar refractivity (Wildman–Crippen MR) is 123 cm³/mol. The number of piperazine rings is 1. The number of carbonyl (C=O) groups is 1. The van der Waals surface area contributed by atoms with E-state index in [0.717, 1.165) is 19.6 Å². The highest BCUT2D eigenvalue weighted by atomic mass is 32.2. The van der Waals surface area contributed by atoms with Gasteiger partial charge in [-0.3, -0.25) is 0 Å². The van der Waals surface area contributed by atoms with Crippen LogP contribution in [0.4, 0.5) is 10.5 Å². The Kier molecular flexibility index (Phi) is 9.11. The van der Waals surface area contributed by atoms with Crippen molar-refractivity contribution < 1.29 is 22.7 Å². The van der Waals surface area contributed by atoms with Gasteiger partial charge in [-0.2, -0.15) is 17.0 Å². The minimum atomic E-state index is -3.52. The number of benzene rings is 1. The topological polar surface area (TPSA) is 94.7 Å². The van der Waals surface area contributed by atoms with Gasteiger partial charge in [0.05, 0.1) is 18.9 Å². The van der Waals surface area contributed by atoms with Crippen LogP contribution in [0.15, 0.2) is 24.3 Å². The highest BCUT2D eigenvalue weighted by molar-refractivity contribution is 7.86. The number of carbonyl (C=O) groups excluding carboxylic acids is 1. The number of amides is 2. The van der Waals surface area contributed by atoms with E-state index >= 15 is 0 Å². The lowest BCUT2D eigenvalue weighted by Gasteiger charge is -2.37. The van der Waals surface area contributed by atoms with Crippen molar-refractivity contribution in [2.45, 2.75) is 13.8 Å². The summed E-state index contributed by atoms with van der Waals surface area (Å²) in [6, 6.07) is 7.11. The van der Waals surface area contributed by atoms with Crippen molar-refractivity contribution in [2.75, 3.05) is 84.0 Å². The molecule has 0 aromatic heterocycles. The summed E-state index contributed by atoms with van der Waals surface area (Å²) in [4.78, 5) is 16.7. The largest absolute Gasteiger partial charge is 0.490 e. The summed E-state index contributed by atoms with van der Waals surface area (Å²) in [6.07, 6.45) is 0. The van der Waals surface area contributed by atoms with Crippen LogP contribution in [0, 0.1) is 0 Å². The van der Waals surface area contributed by atoms with Gasteiger partial charge in [0.15, 0.2) is 0 Å². The number of para-hydroxylation sites is 2. The first-order valence-corrected chi connectivity index (χ1v) is 12.7. The maximum absolute atomic E-state index is 12.8.